The number of hydrazine groups is 1. The van der Waals surface area contributed by atoms with Crippen LogP contribution in [0.25, 0.3) is 0 Å². The van der Waals surface area contributed by atoms with Crippen molar-refractivity contribution in [1.29, 1.82) is 5.41 Å². The number of carbonyl (C=O) groups is 2. The molecule has 47 heavy (non-hydrogen) atoms. The molecular weight excluding hydrogens is 603 g/mol. The summed E-state index contributed by atoms with van der Waals surface area (Å²) in [7, 11) is -0.595. The van der Waals surface area contributed by atoms with Gasteiger partial charge in [0.1, 0.15) is 12.6 Å². The van der Waals surface area contributed by atoms with Gasteiger partial charge in [0, 0.05) is 6.54 Å². The van der Waals surface area contributed by atoms with Crippen LogP contribution in [0.5, 0.6) is 0 Å². The van der Waals surface area contributed by atoms with E-state index < -0.39 is 35.7 Å². The molecule has 0 radical (unpaired) electrons. The Morgan fingerprint density at radius 1 is 1.11 bits per heavy atom. The summed E-state index contributed by atoms with van der Waals surface area (Å²) < 4.78 is 19.4. The fourth-order valence-electron chi connectivity index (χ4n) is 8.74. The highest BCUT2D eigenvalue weighted by Gasteiger charge is 2.68. The molecule has 4 aliphatic carbocycles. The Kier molecular flexibility index (Phi) is 12.3. The molecule has 5 N–H and O–H groups in total. The number of nitrogens with one attached hydrogen (secondary N) is 5. The third-order valence-electron chi connectivity index (χ3n) is 11.6. The number of guanidine groups is 1. The van der Waals surface area contributed by atoms with Gasteiger partial charge in [-0.1, -0.05) is 60.3 Å². The Morgan fingerprint density at radius 3 is 2.47 bits per heavy atom. The number of nitrogens with zero attached hydrogens (tertiary/aromatic N) is 1. The lowest BCUT2D eigenvalue weighted by Gasteiger charge is -2.64. The molecule has 0 aromatic rings. The predicted octanol–water partition coefficient (Wildman–Crippen LogP) is 3.83. The van der Waals surface area contributed by atoms with Crippen LogP contribution in [0.1, 0.15) is 107 Å². The molecule has 1 saturated heterocycles. The minimum absolute atomic E-state index is 0.00545. The quantitative estimate of drug-likeness (QED) is 0.0436. The van der Waals surface area contributed by atoms with Crippen molar-refractivity contribution in [2.24, 2.45) is 40.9 Å². The van der Waals surface area contributed by atoms with Gasteiger partial charge in [0.15, 0.2) is 5.03 Å². The Bertz CT molecular complexity index is 1140. The van der Waals surface area contributed by atoms with Crippen molar-refractivity contribution in [3.63, 3.8) is 0 Å². The van der Waals surface area contributed by atoms with Crippen molar-refractivity contribution in [2.45, 2.75) is 137 Å². The first-order valence-corrected chi connectivity index (χ1v) is 17.8. The predicted molar refractivity (Wildman–Crippen MR) is 180 cm³/mol. The maximum atomic E-state index is 13.9. The Balaban J connectivity index is 1.41. The molecular formula is C33H59BN6O7. The Morgan fingerprint density at radius 2 is 1.83 bits per heavy atom. The Hall–Kier alpha value is -2.45. The van der Waals surface area contributed by atoms with Crippen LogP contribution in [0.15, 0.2) is 0 Å². The summed E-state index contributed by atoms with van der Waals surface area (Å²) >= 11 is 0. The molecule has 266 valence electrons. The van der Waals surface area contributed by atoms with Gasteiger partial charge in [-0.2, -0.15) is 0 Å². The van der Waals surface area contributed by atoms with Crippen molar-refractivity contribution in [3.8, 4) is 0 Å². The van der Waals surface area contributed by atoms with Crippen molar-refractivity contribution in [3.05, 3.63) is 10.1 Å². The van der Waals surface area contributed by atoms with E-state index in [1.165, 1.54) is 0 Å². The molecule has 0 spiro atoms. The van der Waals surface area contributed by atoms with Gasteiger partial charge in [0.2, 0.25) is 11.8 Å². The molecule has 9 atom stereocenters. The largest absolute Gasteiger partial charge is 0.481 e. The molecule has 5 fully saturated rings. The molecule has 13 nitrogen and oxygen atoms in total. The molecule has 0 aromatic carbocycles. The van der Waals surface area contributed by atoms with Crippen LogP contribution in [0.4, 0.5) is 0 Å². The second-order valence-corrected chi connectivity index (χ2v) is 16.2. The SMILES string of the molecule is CC(C)C[C@H](NC(=O)[C@H](CCCNC(=N)N[N+](=O)[O-])NC(=O)COC1C[C@@H](C)CC[C@@H]1C(C)C)B1O[C@@H]2C[C@@H]3C[C@@H](C3(C)C)[C@]2(C)O1. The van der Waals surface area contributed by atoms with Gasteiger partial charge in [-0.25, -0.2) is 10.1 Å². The summed E-state index contributed by atoms with van der Waals surface area (Å²) in [6.45, 7) is 17.6. The Labute approximate surface area is 280 Å². The van der Waals surface area contributed by atoms with Crippen molar-refractivity contribution in [1.82, 2.24) is 21.4 Å². The standard InChI is InChI=1S/C33H59BN6O7/c1-19(2)14-28(34-46-27-17-22-16-26(32(22,6)7)33(27,8)47-34)38-30(42)24(10-9-13-36-31(35)39-40(43)44)37-29(41)18-45-25-15-21(5)11-12-23(25)20(3)4/h19-28H,9-18H2,1-8H3,(H,37,41)(H,38,42)(H3,35,36,39)/t21-,22-,23+,24-,25?,26-,27+,28-,33-/m0/s1. The van der Waals surface area contributed by atoms with Crippen molar-refractivity contribution in [2.75, 3.05) is 13.2 Å². The number of hydrogen-bond acceptors (Lipinski definition) is 8. The molecule has 2 amide bonds. The molecule has 0 aromatic heterocycles. The van der Waals surface area contributed by atoms with E-state index in [4.69, 9.17) is 19.5 Å². The van der Waals surface area contributed by atoms with E-state index in [0.717, 1.165) is 32.1 Å². The fraction of sp³-hybridized carbons (Fsp3) is 0.909. The van der Waals surface area contributed by atoms with E-state index in [2.05, 4.69) is 71.3 Å². The van der Waals surface area contributed by atoms with Gasteiger partial charge in [-0.3, -0.25) is 15.0 Å². The second-order valence-electron chi connectivity index (χ2n) is 16.2. The molecule has 2 bridgehead atoms. The van der Waals surface area contributed by atoms with E-state index in [1.54, 1.807) is 5.43 Å². The van der Waals surface area contributed by atoms with Crippen LogP contribution < -0.4 is 21.4 Å². The average Bonchev–Trinajstić information content (AvgIpc) is 3.33. The van der Waals surface area contributed by atoms with Crippen LogP contribution in [0.3, 0.4) is 0 Å². The first-order valence-electron chi connectivity index (χ1n) is 17.8. The van der Waals surface area contributed by atoms with Gasteiger partial charge in [0.25, 0.3) is 5.96 Å². The lowest BCUT2D eigenvalue weighted by Crippen LogP contribution is -2.65. The zero-order valence-corrected chi connectivity index (χ0v) is 29.7. The van der Waals surface area contributed by atoms with Gasteiger partial charge >= 0.3 is 7.12 Å². The third-order valence-corrected chi connectivity index (χ3v) is 11.6. The van der Waals surface area contributed by atoms with Crippen LogP contribution in [0, 0.1) is 56.4 Å². The summed E-state index contributed by atoms with van der Waals surface area (Å²) in [5.41, 5.74) is 1.55. The maximum absolute atomic E-state index is 13.9. The average molecular weight is 663 g/mol. The number of rotatable bonds is 15. The van der Waals surface area contributed by atoms with Gasteiger partial charge in [-0.15, -0.1) is 0 Å². The van der Waals surface area contributed by atoms with Crippen LogP contribution in [0.2, 0.25) is 0 Å². The summed E-state index contributed by atoms with van der Waals surface area (Å²) in [6.07, 6.45) is 6.47. The number of hydrogen-bond donors (Lipinski definition) is 5. The van der Waals surface area contributed by atoms with E-state index in [9.17, 15) is 19.7 Å². The van der Waals surface area contributed by atoms with Gasteiger partial charge < -0.3 is 30.0 Å². The summed E-state index contributed by atoms with van der Waals surface area (Å²) in [5, 5.41) is 26.2. The molecule has 1 unspecified atom stereocenters. The smallest absolute Gasteiger partial charge is 0.404 e. The topological polar surface area (TPSA) is 177 Å². The monoisotopic (exact) mass is 662 g/mol. The molecule has 14 heteroatoms. The van der Waals surface area contributed by atoms with Crippen LogP contribution in [-0.4, -0.2) is 72.9 Å². The first kappa shape index (κ1) is 37.4. The zero-order valence-electron chi connectivity index (χ0n) is 29.7. The van der Waals surface area contributed by atoms with E-state index in [-0.39, 0.29) is 54.9 Å². The number of ether oxygens (including phenoxy) is 1. The van der Waals surface area contributed by atoms with Crippen molar-refractivity contribution >= 4 is 24.9 Å². The summed E-state index contributed by atoms with van der Waals surface area (Å²) in [6, 6.07) is -0.877. The molecule has 5 rings (SSSR count). The van der Waals surface area contributed by atoms with Crippen LogP contribution >= 0.6 is 0 Å². The minimum atomic E-state index is -0.877. The molecule has 4 saturated carbocycles. The zero-order chi connectivity index (χ0) is 34.7. The summed E-state index contributed by atoms with van der Waals surface area (Å²) in [5.74, 6) is 1.07. The minimum Gasteiger partial charge on any atom is -0.404 e. The maximum Gasteiger partial charge on any atom is 0.481 e. The van der Waals surface area contributed by atoms with Gasteiger partial charge in [-0.05, 0) is 92.8 Å². The van der Waals surface area contributed by atoms with Crippen molar-refractivity contribution < 1.29 is 28.7 Å². The van der Waals surface area contributed by atoms with E-state index in [1.807, 2.05) is 0 Å². The highest BCUT2D eigenvalue weighted by atomic mass is 16.7. The fourth-order valence-corrected chi connectivity index (χ4v) is 8.74. The number of carbonyl (C=O) groups excluding carboxylic acids is 2. The number of nitro groups is 1. The lowest BCUT2D eigenvalue weighted by atomic mass is 9.43. The number of amides is 2. The van der Waals surface area contributed by atoms with E-state index in [0.29, 0.717) is 42.4 Å². The lowest BCUT2D eigenvalue weighted by molar-refractivity contribution is -0.525. The molecule has 1 heterocycles. The van der Waals surface area contributed by atoms with Gasteiger partial charge in [0.05, 0.1) is 23.8 Å². The van der Waals surface area contributed by atoms with E-state index >= 15 is 0 Å². The third kappa shape index (κ3) is 8.97. The van der Waals surface area contributed by atoms with Crippen LogP contribution in [-0.2, 0) is 23.6 Å². The molecule has 5 aliphatic rings. The highest BCUT2D eigenvalue weighted by Crippen LogP contribution is 2.65. The second kappa shape index (κ2) is 15.4. The summed E-state index contributed by atoms with van der Waals surface area (Å²) in [4.78, 5) is 37.8. The first-order chi connectivity index (χ1) is 22.0. The highest BCUT2D eigenvalue weighted by molar-refractivity contribution is 6.48. The normalized spacial score (nSPS) is 32.2. The molecule has 1 aliphatic heterocycles.